The van der Waals surface area contributed by atoms with Crippen LogP contribution >= 0.6 is 0 Å². The number of aryl methyl sites for hydroxylation is 2. The van der Waals surface area contributed by atoms with E-state index in [0.29, 0.717) is 17.7 Å². The normalized spacial score (nSPS) is 29.4. The molecule has 0 radical (unpaired) electrons. The molecular weight excluding hydrogens is 422 g/mol. The van der Waals surface area contributed by atoms with Crippen LogP contribution in [0.25, 0.3) is 0 Å². The fourth-order valence-corrected chi connectivity index (χ4v) is 6.69. The van der Waals surface area contributed by atoms with Crippen LogP contribution in [0.15, 0.2) is 18.2 Å². The van der Waals surface area contributed by atoms with E-state index in [-0.39, 0.29) is 0 Å². The van der Waals surface area contributed by atoms with Gasteiger partial charge in [-0.05, 0) is 94.9 Å². The number of aliphatic carboxylic acids is 2. The van der Waals surface area contributed by atoms with E-state index in [9.17, 15) is 9.59 Å². The van der Waals surface area contributed by atoms with E-state index in [1.54, 1.807) is 0 Å². The van der Waals surface area contributed by atoms with Crippen LogP contribution in [0.2, 0.25) is 0 Å². The van der Waals surface area contributed by atoms with Crippen molar-refractivity contribution in [2.45, 2.75) is 82.7 Å². The minimum Gasteiger partial charge on any atom is -0.478 e. The molecule has 4 fully saturated rings. The lowest BCUT2D eigenvalue weighted by Crippen LogP contribution is -2.58. The average molecular weight is 460 g/mol. The van der Waals surface area contributed by atoms with Crippen LogP contribution in [0.4, 0.5) is 0 Å². The lowest BCUT2D eigenvalue weighted by Gasteiger charge is -2.57. The number of carboxylic acid groups (broad SMARTS) is 2. The summed E-state index contributed by atoms with van der Waals surface area (Å²) < 4.78 is 8.03. The second-order valence-electron chi connectivity index (χ2n) is 10.3. The Labute approximate surface area is 195 Å². The van der Waals surface area contributed by atoms with Crippen molar-refractivity contribution in [2.24, 2.45) is 17.8 Å². The van der Waals surface area contributed by atoms with Gasteiger partial charge in [0.05, 0.1) is 6.61 Å². The minimum atomic E-state index is -1.26. The predicted octanol–water partition coefficient (Wildman–Crippen LogP) is 3.65. The van der Waals surface area contributed by atoms with Gasteiger partial charge in [0, 0.05) is 36.0 Å². The van der Waals surface area contributed by atoms with Gasteiger partial charge in [0.2, 0.25) is 5.88 Å². The van der Waals surface area contributed by atoms with Crippen LogP contribution in [0.5, 0.6) is 5.88 Å². The largest absolute Gasteiger partial charge is 0.478 e. The van der Waals surface area contributed by atoms with Gasteiger partial charge in [-0.2, -0.15) is 0 Å². The van der Waals surface area contributed by atoms with Crippen molar-refractivity contribution < 1.29 is 24.5 Å². The van der Waals surface area contributed by atoms with E-state index in [4.69, 9.17) is 14.9 Å². The molecule has 0 aromatic carbocycles. The van der Waals surface area contributed by atoms with Crippen molar-refractivity contribution >= 4 is 11.9 Å². The van der Waals surface area contributed by atoms with Crippen LogP contribution in [-0.2, 0) is 22.6 Å². The fraction of sp³-hybridized carbons (Fsp3) is 0.720. The molecule has 8 nitrogen and oxygen atoms in total. The van der Waals surface area contributed by atoms with E-state index in [0.717, 1.165) is 56.2 Å². The first kappa shape index (κ1) is 23.8. The molecule has 182 valence electrons. The van der Waals surface area contributed by atoms with Crippen LogP contribution < -0.4 is 10.1 Å². The maximum absolute atomic E-state index is 9.55. The highest BCUT2D eigenvalue weighted by molar-refractivity contribution is 5.89. The number of hydrogen-bond donors (Lipinski definition) is 3. The van der Waals surface area contributed by atoms with Gasteiger partial charge in [-0.3, -0.25) is 4.68 Å². The van der Waals surface area contributed by atoms with Crippen molar-refractivity contribution in [3.05, 3.63) is 23.9 Å². The van der Waals surface area contributed by atoms with Crippen molar-refractivity contribution in [3.63, 3.8) is 0 Å². The molecule has 4 bridgehead atoms. The van der Waals surface area contributed by atoms with Gasteiger partial charge >= 0.3 is 11.9 Å². The molecule has 0 amide bonds. The number of fused-ring (bicyclic) bond motifs is 1. The number of unbranched alkanes of at least 4 members (excludes halogenated alkanes) is 1. The summed E-state index contributed by atoms with van der Waals surface area (Å²) in [7, 11) is 0. The molecular formula is C25H37N3O5. The van der Waals surface area contributed by atoms with E-state index in [2.05, 4.69) is 21.2 Å². The molecule has 0 spiro atoms. The maximum Gasteiger partial charge on any atom is 0.328 e. The average Bonchev–Trinajstić information content (AvgIpc) is 3.17. The Morgan fingerprint density at radius 1 is 1.06 bits per heavy atom. The van der Waals surface area contributed by atoms with E-state index >= 15 is 0 Å². The first-order valence-electron chi connectivity index (χ1n) is 12.5. The number of nitrogens with zero attached hydrogens (tertiary/aromatic N) is 2. The maximum atomic E-state index is 9.55. The molecule has 5 aliphatic rings. The van der Waals surface area contributed by atoms with Crippen molar-refractivity contribution in [3.8, 4) is 5.88 Å². The predicted molar refractivity (Wildman–Crippen MR) is 123 cm³/mol. The molecule has 1 aliphatic heterocycles. The third-order valence-corrected chi connectivity index (χ3v) is 7.62. The van der Waals surface area contributed by atoms with Crippen LogP contribution in [0, 0.1) is 17.8 Å². The molecule has 4 aliphatic carbocycles. The van der Waals surface area contributed by atoms with Gasteiger partial charge < -0.3 is 20.3 Å². The zero-order valence-electron chi connectivity index (χ0n) is 19.4. The van der Waals surface area contributed by atoms with Crippen molar-refractivity contribution in [1.29, 1.82) is 0 Å². The summed E-state index contributed by atoms with van der Waals surface area (Å²) in [5.74, 6) is 1.43. The second kappa shape index (κ2) is 10.7. The molecule has 6 rings (SSSR count). The lowest BCUT2D eigenvalue weighted by molar-refractivity contribution is -0.134. The highest BCUT2D eigenvalue weighted by Gasteiger charge is 2.50. The van der Waals surface area contributed by atoms with Crippen LogP contribution in [0.3, 0.4) is 0 Å². The van der Waals surface area contributed by atoms with Gasteiger partial charge in [-0.25, -0.2) is 9.59 Å². The van der Waals surface area contributed by atoms with Crippen molar-refractivity contribution in [2.75, 3.05) is 13.2 Å². The zero-order valence-corrected chi connectivity index (χ0v) is 19.4. The Morgan fingerprint density at radius 3 is 2.27 bits per heavy atom. The topological polar surface area (TPSA) is 114 Å². The van der Waals surface area contributed by atoms with Gasteiger partial charge in [-0.1, -0.05) is 0 Å². The molecule has 33 heavy (non-hydrogen) atoms. The first-order chi connectivity index (χ1) is 15.9. The summed E-state index contributed by atoms with van der Waals surface area (Å²) in [4.78, 5) is 19.1. The summed E-state index contributed by atoms with van der Waals surface area (Å²) in [6.07, 6.45) is 16.1. The van der Waals surface area contributed by atoms with E-state index < -0.39 is 11.9 Å². The summed E-state index contributed by atoms with van der Waals surface area (Å²) >= 11 is 0. The van der Waals surface area contributed by atoms with E-state index in [1.165, 1.54) is 63.5 Å². The molecule has 0 saturated heterocycles. The standard InChI is InChI=1S/C21H33N3O.C4H4O4/c1-3-7-24-19(5-1)12-20(23-24)25-8-4-2-6-22-21-13-16-9-17(14-21)11-18(10-16)15-21;5-3(6)1-2-4(7)8/h12,16-18,22H,1-11,13-15H2;1-2H,(H,5,6)(H,7,8). The number of carbonyl (C=O) groups is 2. The molecule has 4 saturated carbocycles. The molecule has 1 aromatic heterocycles. The number of rotatable bonds is 9. The zero-order chi connectivity index (χ0) is 23.3. The van der Waals surface area contributed by atoms with Crippen molar-refractivity contribution in [1.82, 2.24) is 15.1 Å². The molecule has 3 N–H and O–H groups in total. The number of hydrogen-bond acceptors (Lipinski definition) is 5. The molecule has 1 aromatic rings. The van der Waals surface area contributed by atoms with E-state index in [1.807, 2.05) is 0 Å². The van der Waals surface area contributed by atoms with Gasteiger partial charge in [0.1, 0.15) is 0 Å². The summed E-state index contributed by atoms with van der Waals surface area (Å²) in [6.45, 7) is 3.03. The second-order valence-corrected chi connectivity index (χ2v) is 10.3. The third kappa shape index (κ3) is 6.59. The summed E-state index contributed by atoms with van der Waals surface area (Å²) in [5, 5.41) is 24.2. The molecule has 2 heterocycles. The fourth-order valence-electron chi connectivity index (χ4n) is 6.69. The smallest absolute Gasteiger partial charge is 0.328 e. The highest BCUT2D eigenvalue weighted by Crippen LogP contribution is 2.55. The lowest BCUT2D eigenvalue weighted by atomic mass is 9.53. The first-order valence-corrected chi connectivity index (χ1v) is 12.5. The number of nitrogens with one attached hydrogen (secondary N) is 1. The minimum absolute atomic E-state index is 0.512. The quantitative estimate of drug-likeness (QED) is 0.381. The Hall–Kier alpha value is -2.35. The Kier molecular flexibility index (Phi) is 7.73. The van der Waals surface area contributed by atoms with Gasteiger partial charge in [-0.15, -0.1) is 5.10 Å². The Balaban J connectivity index is 0.000000281. The Morgan fingerprint density at radius 2 is 1.70 bits per heavy atom. The monoisotopic (exact) mass is 459 g/mol. The third-order valence-electron chi connectivity index (χ3n) is 7.62. The van der Waals surface area contributed by atoms with Gasteiger partial charge in [0.15, 0.2) is 0 Å². The molecule has 0 atom stereocenters. The van der Waals surface area contributed by atoms with Crippen LogP contribution in [-0.4, -0.2) is 50.6 Å². The van der Waals surface area contributed by atoms with Crippen LogP contribution in [0.1, 0.15) is 69.9 Å². The number of carboxylic acids is 2. The number of ether oxygens (including phenoxy) is 1. The highest BCUT2D eigenvalue weighted by atomic mass is 16.5. The molecule has 8 heteroatoms. The summed E-state index contributed by atoms with van der Waals surface area (Å²) in [5.41, 5.74) is 1.86. The SMILES string of the molecule is O=C(O)C=CC(=O)O.c1c(OCCCCNC23CC4CC(CC(C4)C2)C3)nn2c1CCCC2. The van der Waals surface area contributed by atoms with Gasteiger partial charge in [0.25, 0.3) is 0 Å². The number of aromatic nitrogens is 2. The summed E-state index contributed by atoms with van der Waals surface area (Å²) in [6, 6.07) is 2.15. The Bertz CT molecular complexity index is 787. The molecule has 0 unspecified atom stereocenters.